The van der Waals surface area contributed by atoms with Crippen LogP contribution >= 0.6 is 11.3 Å². The first-order chi connectivity index (χ1) is 6.40. The molecule has 1 nitrogen and oxygen atoms in total. The van der Waals surface area contributed by atoms with Gasteiger partial charge in [0, 0.05) is 10.9 Å². The van der Waals surface area contributed by atoms with Gasteiger partial charge in [0.1, 0.15) is 0 Å². The second-order valence-electron chi connectivity index (χ2n) is 3.34. The summed E-state index contributed by atoms with van der Waals surface area (Å²) in [5.74, 6) is 0. The molecule has 1 unspecified atom stereocenters. The molecule has 0 spiro atoms. The second-order valence-corrected chi connectivity index (χ2v) is 4.32. The highest BCUT2D eigenvalue weighted by molar-refractivity contribution is 7.10. The lowest BCUT2D eigenvalue weighted by molar-refractivity contribution is 0.270. The van der Waals surface area contributed by atoms with E-state index in [4.69, 9.17) is 0 Å². The molecule has 0 amide bonds. The standard InChI is InChI=1S/C8H12BF3NS/c1-7(8-4-3-5-14-8)13(2)6-9(10,11)12/h3-5,7H,6H2,1-2H3/q-1. The maximum Gasteiger partial charge on any atom is 0.492 e. The minimum atomic E-state index is -4.73. The highest BCUT2D eigenvalue weighted by atomic mass is 32.1. The van der Waals surface area contributed by atoms with Gasteiger partial charge < -0.3 is 17.8 Å². The molecule has 0 N–H and O–H groups in total. The first-order valence-electron chi connectivity index (χ1n) is 4.35. The minimum Gasteiger partial charge on any atom is -0.448 e. The van der Waals surface area contributed by atoms with Crippen LogP contribution in [0.3, 0.4) is 0 Å². The Morgan fingerprint density at radius 3 is 2.57 bits per heavy atom. The molecule has 1 aromatic heterocycles. The fourth-order valence-electron chi connectivity index (χ4n) is 1.23. The molecule has 1 heterocycles. The van der Waals surface area contributed by atoms with Gasteiger partial charge in [-0.1, -0.05) is 6.07 Å². The fraction of sp³-hybridized carbons (Fsp3) is 0.500. The maximum absolute atomic E-state index is 12.1. The van der Waals surface area contributed by atoms with Crippen LogP contribution in [0.25, 0.3) is 0 Å². The molecule has 0 bridgehead atoms. The van der Waals surface area contributed by atoms with E-state index in [1.165, 1.54) is 23.3 Å². The van der Waals surface area contributed by atoms with Crippen LogP contribution in [0.15, 0.2) is 17.5 Å². The molecule has 0 saturated heterocycles. The van der Waals surface area contributed by atoms with Crippen LogP contribution in [0.1, 0.15) is 17.8 Å². The molecule has 0 aromatic carbocycles. The molecule has 0 fully saturated rings. The number of hydrogen-bond acceptors (Lipinski definition) is 2. The monoisotopic (exact) mass is 222 g/mol. The van der Waals surface area contributed by atoms with Crippen molar-refractivity contribution in [1.82, 2.24) is 4.90 Å². The van der Waals surface area contributed by atoms with E-state index >= 15 is 0 Å². The molecule has 1 aromatic rings. The van der Waals surface area contributed by atoms with Crippen molar-refractivity contribution < 1.29 is 12.9 Å². The lowest BCUT2D eigenvalue weighted by Crippen LogP contribution is -2.36. The van der Waals surface area contributed by atoms with Crippen molar-refractivity contribution in [3.05, 3.63) is 22.4 Å². The first kappa shape index (κ1) is 11.6. The van der Waals surface area contributed by atoms with Crippen LogP contribution in [0.2, 0.25) is 0 Å². The zero-order chi connectivity index (χ0) is 10.8. The van der Waals surface area contributed by atoms with Crippen LogP contribution in [-0.4, -0.2) is 25.4 Å². The average molecular weight is 222 g/mol. The molecular formula is C8H12BF3NS-. The summed E-state index contributed by atoms with van der Waals surface area (Å²) in [5.41, 5.74) is 0. The summed E-state index contributed by atoms with van der Waals surface area (Å²) in [6.07, 6.45) is -0.806. The van der Waals surface area contributed by atoms with Crippen molar-refractivity contribution in [1.29, 1.82) is 0 Å². The predicted molar refractivity (Wildman–Crippen MR) is 54.4 cm³/mol. The largest absolute Gasteiger partial charge is 0.492 e. The zero-order valence-corrected chi connectivity index (χ0v) is 8.90. The van der Waals surface area contributed by atoms with E-state index in [2.05, 4.69) is 0 Å². The van der Waals surface area contributed by atoms with Crippen LogP contribution in [0, 0.1) is 0 Å². The summed E-state index contributed by atoms with van der Waals surface area (Å²) >= 11 is 1.48. The molecule has 0 aliphatic carbocycles. The van der Waals surface area contributed by atoms with Crippen molar-refractivity contribution in [2.24, 2.45) is 0 Å². The molecule has 14 heavy (non-hydrogen) atoms. The molecule has 0 saturated carbocycles. The minimum absolute atomic E-state index is 0.168. The molecule has 6 heteroatoms. The van der Waals surface area contributed by atoms with Gasteiger partial charge in [0.05, 0.1) is 0 Å². The normalized spacial score (nSPS) is 14.7. The number of thiophene rings is 1. The number of halogens is 3. The van der Waals surface area contributed by atoms with E-state index in [9.17, 15) is 12.9 Å². The Kier molecular flexibility index (Phi) is 3.61. The van der Waals surface area contributed by atoms with E-state index in [0.717, 1.165) is 4.88 Å². The van der Waals surface area contributed by atoms with Crippen molar-refractivity contribution in [2.45, 2.75) is 13.0 Å². The third-order valence-electron chi connectivity index (χ3n) is 2.11. The van der Waals surface area contributed by atoms with Crippen molar-refractivity contribution in [2.75, 3.05) is 13.5 Å². The molecular weight excluding hydrogens is 210 g/mol. The molecule has 0 aliphatic rings. The maximum atomic E-state index is 12.1. The number of rotatable bonds is 4. The second kappa shape index (κ2) is 4.36. The Morgan fingerprint density at radius 1 is 1.50 bits per heavy atom. The Balaban J connectivity index is 2.57. The van der Waals surface area contributed by atoms with Gasteiger partial charge in [-0.3, -0.25) is 0 Å². The summed E-state index contributed by atoms with van der Waals surface area (Å²) in [6.45, 7) is -2.94. The summed E-state index contributed by atoms with van der Waals surface area (Å²) in [5, 5.41) is 1.87. The third-order valence-corrected chi connectivity index (χ3v) is 3.15. The van der Waals surface area contributed by atoms with E-state index in [-0.39, 0.29) is 6.04 Å². The van der Waals surface area contributed by atoms with E-state index in [0.29, 0.717) is 0 Å². The van der Waals surface area contributed by atoms with Gasteiger partial charge in [-0.15, -0.1) is 11.3 Å². The van der Waals surface area contributed by atoms with Crippen LogP contribution in [-0.2, 0) is 0 Å². The van der Waals surface area contributed by atoms with Gasteiger partial charge in [0.15, 0.2) is 0 Å². The molecule has 1 atom stereocenters. The van der Waals surface area contributed by atoms with Gasteiger partial charge in [-0.25, -0.2) is 0 Å². The third kappa shape index (κ3) is 3.34. The van der Waals surface area contributed by atoms with Crippen LogP contribution in [0.5, 0.6) is 0 Å². The topological polar surface area (TPSA) is 3.24 Å². The van der Waals surface area contributed by atoms with Gasteiger partial charge in [-0.05, 0) is 31.9 Å². The molecule has 80 valence electrons. The summed E-state index contributed by atoms with van der Waals surface area (Å²) in [4.78, 5) is 2.29. The molecule has 1 rings (SSSR count). The summed E-state index contributed by atoms with van der Waals surface area (Å²) < 4.78 is 36.4. The van der Waals surface area contributed by atoms with Crippen molar-refractivity contribution >= 4 is 18.3 Å². The highest BCUT2D eigenvalue weighted by Gasteiger charge is 2.27. The van der Waals surface area contributed by atoms with E-state index in [1.54, 1.807) is 6.92 Å². The van der Waals surface area contributed by atoms with Gasteiger partial charge >= 0.3 is 6.98 Å². The highest BCUT2D eigenvalue weighted by Crippen LogP contribution is 2.25. The summed E-state index contributed by atoms with van der Waals surface area (Å²) in [6, 6.07) is 3.54. The lowest BCUT2D eigenvalue weighted by Gasteiger charge is -2.28. The van der Waals surface area contributed by atoms with Crippen molar-refractivity contribution in [3.8, 4) is 0 Å². The Labute approximate surface area is 85.6 Å². The Morgan fingerprint density at radius 2 is 2.14 bits per heavy atom. The van der Waals surface area contributed by atoms with Crippen molar-refractivity contribution in [3.63, 3.8) is 0 Å². The van der Waals surface area contributed by atoms with E-state index in [1.807, 2.05) is 17.5 Å². The van der Waals surface area contributed by atoms with Gasteiger partial charge in [0.2, 0.25) is 0 Å². The van der Waals surface area contributed by atoms with E-state index < -0.39 is 13.4 Å². The van der Waals surface area contributed by atoms with Gasteiger partial charge in [0.25, 0.3) is 0 Å². The number of nitrogens with zero attached hydrogens (tertiary/aromatic N) is 1. The zero-order valence-electron chi connectivity index (χ0n) is 8.08. The fourth-order valence-corrected chi connectivity index (χ4v) is 2.08. The summed E-state index contributed by atoms with van der Waals surface area (Å²) in [7, 11) is 1.50. The predicted octanol–water partition coefficient (Wildman–Crippen LogP) is 3.13. The Bertz CT molecular complexity index is 273. The lowest BCUT2D eigenvalue weighted by atomic mass is 9.91. The Hall–Kier alpha value is -0.485. The van der Waals surface area contributed by atoms with Crippen LogP contribution in [0.4, 0.5) is 12.9 Å². The molecule has 0 aliphatic heterocycles. The van der Waals surface area contributed by atoms with Crippen LogP contribution < -0.4 is 0 Å². The smallest absolute Gasteiger partial charge is 0.448 e. The average Bonchev–Trinajstić information content (AvgIpc) is 2.51. The number of hydrogen-bond donors (Lipinski definition) is 0. The van der Waals surface area contributed by atoms with Gasteiger partial charge in [-0.2, -0.15) is 0 Å². The first-order valence-corrected chi connectivity index (χ1v) is 5.23. The quantitative estimate of drug-likeness (QED) is 0.707. The SMILES string of the molecule is CC(c1cccs1)N(C)C[B-](F)(F)F. The molecule has 0 radical (unpaired) electrons.